The zero-order valence-electron chi connectivity index (χ0n) is 43.8. The summed E-state index contributed by atoms with van der Waals surface area (Å²) >= 11 is 4.13. The zero-order chi connectivity index (χ0) is 59.4. The van der Waals surface area contributed by atoms with E-state index in [0.717, 1.165) is 0 Å². The molecule has 0 bridgehead atoms. The van der Waals surface area contributed by atoms with E-state index in [2.05, 4.69) is 65.8 Å². The number of carboxylic acid groups (broad SMARTS) is 4. The lowest BCUT2D eigenvalue weighted by Crippen LogP contribution is -2.62. The number of rotatable bonds is 38. The molecule has 1 rings (SSSR count). The van der Waals surface area contributed by atoms with E-state index in [1.807, 2.05) is 0 Å². The van der Waals surface area contributed by atoms with Crippen molar-refractivity contribution in [1.29, 1.82) is 0 Å². The SMILES string of the molecule is CC(C)C[C@H](NC(=O)[C@H](CC(N)=O)NC(=O)[C@H](CCCCN)NC(=O)[C@H](CO)NC(=O)[C@H](CC(=O)O)NC(=O)[C@H](CCC(=O)O)NC(=O)[C@@H](NC(=O)[C@H](CS)NC(=O)[C@H](CCC(=O)O)NC(=O)[C@@H]1CCCN1)C(C)C)C(=O)O. The number of aliphatic carboxylic acids is 4. The minimum atomic E-state index is -2.11. The molecule has 0 unspecified atom stereocenters. The highest BCUT2D eigenvalue weighted by Gasteiger charge is 2.37. The number of amides is 10. The molecule has 440 valence electrons. The van der Waals surface area contributed by atoms with Crippen LogP contribution in [0.3, 0.4) is 0 Å². The third-order valence-corrected chi connectivity index (χ3v) is 12.1. The van der Waals surface area contributed by atoms with Gasteiger partial charge in [0.15, 0.2) is 0 Å². The fraction of sp³-hybridized carbons (Fsp3) is 0.696. The van der Waals surface area contributed by atoms with Gasteiger partial charge in [-0.1, -0.05) is 27.7 Å². The number of carbonyl (C=O) groups is 14. The highest BCUT2D eigenvalue weighted by molar-refractivity contribution is 7.80. The third-order valence-electron chi connectivity index (χ3n) is 11.8. The molecule has 32 heteroatoms. The summed E-state index contributed by atoms with van der Waals surface area (Å²) in [4.78, 5) is 180. The van der Waals surface area contributed by atoms with Gasteiger partial charge in [0.05, 0.1) is 25.5 Å². The lowest BCUT2D eigenvalue weighted by atomic mass is 10.0. The van der Waals surface area contributed by atoms with Crippen molar-refractivity contribution in [2.45, 2.75) is 165 Å². The lowest BCUT2D eigenvalue weighted by Gasteiger charge is -2.28. The monoisotopic (exact) mass is 1130 g/mol. The summed E-state index contributed by atoms with van der Waals surface area (Å²) in [5.41, 5.74) is 10.9. The van der Waals surface area contributed by atoms with Gasteiger partial charge < -0.3 is 90.2 Å². The van der Waals surface area contributed by atoms with Gasteiger partial charge in [-0.2, -0.15) is 12.6 Å². The number of nitrogens with one attached hydrogen (secondary N) is 10. The van der Waals surface area contributed by atoms with Gasteiger partial charge in [-0.3, -0.25) is 62.3 Å². The molecule has 1 aliphatic heterocycles. The maximum Gasteiger partial charge on any atom is 0.326 e. The van der Waals surface area contributed by atoms with Crippen molar-refractivity contribution in [2.24, 2.45) is 23.3 Å². The second kappa shape index (κ2) is 35.3. The van der Waals surface area contributed by atoms with Gasteiger partial charge in [0.25, 0.3) is 0 Å². The Balaban J connectivity index is 3.36. The molecule has 0 aromatic heterocycles. The Hall–Kier alpha value is -7.19. The molecule has 1 saturated heterocycles. The van der Waals surface area contributed by atoms with Crippen molar-refractivity contribution < 1.29 is 92.7 Å². The summed E-state index contributed by atoms with van der Waals surface area (Å²) in [6, 6.07) is -15.8. The second-order valence-corrected chi connectivity index (χ2v) is 19.5. The predicted octanol–water partition coefficient (Wildman–Crippen LogP) is -5.98. The van der Waals surface area contributed by atoms with Crippen molar-refractivity contribution in [1.82, 2.24) is 53.2 Å². The van der Waals surface area contributed by atoms with Gasteiger partial charge in [0, 0.05) is 18.6 Å². The van der Waals surface area contributed by atoms with Crippen LogP contribution in [-0.2, 0) is 67.1 Å². The minimum Gasteiger partial charge on any atom is -0.481 e. The number of aliphatic hydroxyl groups excluding tert-OH is 1. The molecule has 0 aliphatic carbocycles. The number of nitrogens with two attached hydrogens (primary N) is 2. The van der Waals surface area contributed by atoms with Crippen LogP contribution in [-0.4, -0.2) is 194 Å². The van der Waals surface area contributed by atoms with Crippen LogP contribution in [0.5, 0.6) is 0 Å². The fourth-order valence-electron chi connectivity index (χ4n) is 7.58. The minimum absolute atomic E-state index is 0.0299. The Morgan fingerprint density at radius 1 is 0.538 bits per heavy atom. The van der Waals surface area contributed by atoms with E-state index in [1.165, 1.54) is 13.8 Å². The van der Waals surface area contributed by atoms with Crippen molar-refractivity contribution >= 4 is 95.6 Å². The van der Waals surface area contributed by atoms with Crippen LogP contribution in [0.1, 0.15) is 105 Å². The molecule has 0 spiro atoms. The topological polar surface area (TPSA) is 512 Å². The first-order valence-electron chi connectivity index (χ1n) is 25.1. The summed E-state index contributed by atoms with van der Waals surface area (Å²) in [5, 5.41) is 71.6. The Morgan fingerprint density at radius 2 is 0.974 bits per heavy atom. The average molecular weight is 1130 g/mol. The first-order chi connectivity index (χ1) is 36.5. The Morgan fingerprint density at radius 3 is 1.41 bits per heavy atom. The van der Waals surface area contributed by atoms with E-state index in [0.29, 0.717) is 25.8 Å². The molecule has 78 heavy (non-hydrogen) atoms. The van der Waals surface area contributed by atoms with Gasteiger partial charge in [0.2, 0.25) is 59.1 Å². The summed E-state index contributed by atoms with van der Waals surface area (Å²) in [6.45, 7) is 5.75. The van der Waals surface area contributed by atoms with Gasteiger partial charge in [-0.25, -0.2) is 4.79 Å². The summed E-state index contributed by atoms with van der Waals surface area (Å²) < 4.78 is 0. The van der Waals surface area contributed by atoms with Crippen LogP contribution in [0.2, 0.25) is 0 Å². The molecular formula is C46H76N12O19S. The van der Waals surface area contributed by atoms with Crippen LogP contribution >= 0.6 is 12.6 Å². The van der Waals surface area contributed by atoms with Gasteiger partial charge in [0.1, 0.15) is 54.4 Å². The number of hydrogen-bond donors (Lipinski definition) is 18. The van der Waals surface area contributed by atoms with Crippen LogP contribution in [0.25, 0.3) is 0 Å². The predicted molar refractivity (Wildman–Crippen MR) is 274 cm³/mol. The Labute approximate surface area is 454 Å². The molecule has 0 aromatic carbocycles. The fourth-order valence-corrected chi connectivity index (χ4v) is 7.83. The first-order valence-corrected chi connectivity index (χ1v) is 25.7. The van der Waals surface area contributed by atoms with Crippen LogP contribution < -0.4 is 64.6 Å². The number of primary amides is 1. The average Bonchev–Trinajstić information content (AvgIpc) is 3.90. The highest BCUT2D eigenvalue weighted by Crippen LogP contribution is 2.12. The van der Waals surface area contributed by atoms with E-state index in [1.54, 1.807) is 13.8 Å². The van der Waals surface area contributed by atoms with Crippen LogP contribution in [0, 0.1) is 11.8 Å². The molecule has 1 aliphatic rings. The molecule has 10 atom stereocenters. The van der Waals surface area contributed by atoms with Crippen molar-refractivity contribution in [3.63, 3.8) is 0 Å². The van der Waals surface area contributed by atoms with Gasteiger partial charge in [-0.15, -0.1) is 0 Å². The molecular weight excluding hydrogens is 1060 g/mol. The zero-order valence-corrected chi connectivity index (χ0v) is 44.7. The lowest BCUT2D eigenvalue weighted by molar-refractivity contribution is -0.143. The molecule has 1 fully saturated rings. The molecule has 0 radical (unpaired) electrons. The molecule has 19 N–H and O–H groups in total. The normalized spacial score (nSPS) is 16.4. The molecule has 0 aromatic rings. The molecule has 31 nitrogen and oxygen atoms in total. The van der Waals surface area contributed by atoms with Crippen molar-refractivity contribution in [3.05, 3.63) is 0 Å². The maximum absolute atomic E-state index is 13.8. The Bertz CT molecular complexity index is 2150. The highest BCUT2D eigenvalue weighted by atomic mass is 32.1. The second-order valence-electron chi connectivity index (χ2n) is 19.1. The van der Waals surface area contributed by atoms with E-state index >= 15 is 0 Å². The van der Waals surface area contributed by atoms with E-state index in [-0.39, 0.29) is 43.9 Å². The maximum atomic E-state index is 13.8. The first kappa shape index (κ1) is 68.8. The summed E-state index contributed by atoms with van der Waals surface area (Å²) in [7, 11) is 0. The molecule has 0 saturated carbocycles. The number of aliphatic hydroxyl groups is 1. The largest absolute Gasteiger partial charge is 0.481 e. The molecule has 1 heterocycles. The quantitative estimate of drug-likeness (QED) is 0.0202. The van der Waals surface area contributed by atoms with Crippen LogP contribution in [0.4, 0.5) is 0 Å². The molecule has 10 amide bonds. The Kier molecular flexibility index (Phi) is 31.1. The van der Waals surface area contributed by atoms with Crippen molar-refractivity contribution in [3.8, 4) is 0 Å². The number of carboxylic acids is 4. The van der Waals surface area contributed by atoms with Crippen molar-refractivity contribution in [2.75, 3.05) is 25.4 Å². The standard InChI is InChI=1S/C46H76N12O19S/c1-21(2)16-29(46(76)77)55-41(71)27(17-32(48)60)53-38(68)24(8-5-6-14-47)50-43(73)30(19-59)56-42(72)28(18-35(65)66)54-39(69)26(11-13-34(63)64)52-45(75)36(22(3)4)58-44(74)31(20-78)57-40(70)25(10-12-33(61)62)51-37(67)23-9-7-15-49-23/h21-31,36,49,59,78H,5-20,47H2,1-4H3,(H2,48,60)(H,50,73)(H,51,67)(H,52,75)(H,53,68)(H,54,69)(H,55,71)(H,56,72)(H,57,70)(H,58,74)(H,61,62)(H,63,64)(H,65,66)(H,76,77)/t23-,24-,25-,26-,27-,28-,29-,30-,31-,36-/m0/s1. The third kappa shape index (κ3) is 25.8. The summed E-state index contributed by atoms with van der Waals surface area (Å²) in [6.07, 6.45) is -3.00. The number of carbonyl (C=O) groups excluding carboxylic acids is 10. The van der Waals surface area contributed by atoms with E-state index in [4.69, 9.17) is 11.5 Å². The number of thiol groups is 1. The number of unbranched alkanes of at least 4 members (excludes halogenated alkanes) is 1. The number of hydrogen-bond acceptors (Lipinski definition) is 18. The summed E-state index contributed by atoms with van der Waals surface area (Å²) in [5.74, 6) is -18.2. The van der Waals surface area contributed by atoms with Gasteiger partial charge >= 0.3 is 23.9 Å². The van der Waals surface area contributed by atoms with E-state index < -0.39 is 188 Å². The van der Waals surface area contributed by atoms with Crippen LogP contribution in [0.15, 0.2) is 0 Å². The smallest absolute Gasteiger partial charge is 0.326 e. The van der Waals surface area contributed by atoms with E-state index in [9.17, 15) is 92.7 Å². The van der Waals surface area contributed by atoms with Gasteiger partial charge in [-0.05, 0) is 76.3 Å².